The lowest BCUT2D eigenvalue weighted by molar-refractivity contribution is -0.108. The molecule has 0 N–H and O–H groups in total. The molecule has 2 unspecified atom stereocenters. The summed E-state index contributed by atoms with van der Waals surface area (Å²) in [6.07, 6.45) is 1.62. The fourth-order valence-electron chi connectivity index (χ4n) is 2.85. The average Bonchev–Trinajstić information content (AvgIpc) is 2.60. The highest BCUT2D eigenvalue weighted by molar-refractivity contribution is 9.09. The Hall–Kier alpha value is -1.94. The van der Waals surface area contributed by atoms with E-state index < -0.39 is 5.92 Å². The van der Waals surface area contributed by atoms with Gasteiger partial charge in [-0.05, 0) is 18.6 Å². The van der Waals surface area contributed by atoms with Crippen LogP contribution >= 0.6 is 15.9 Å². The molecule has 0 amide bonds. The van der Waals surface area contributed by atoms with E-state index in [0.717, 1.165) is 18.3 Å². The van der Waals surface area contributed by atoms with E-state index in [1.807, 2.05) is 31.2 Å². The Kier molecular flexibility index (Phi) is 4.62. The summed E-state index contributed by atoms with van der Waals surface area (Å²) in [5.74, 6) is 0.357. The van der Waals surface area contributed by atoms with Crippen LogP contribution in [0.5, 0.6) is 5.75 Å². The normalized spacial score (nSPS) is 18.1. The third-order valence-electron chi connectivity index (χ3n) is 3.99. The number of halogens is 2. The lowest BCUT2D eigenvalue weighted by Crippen LogP contribution is -2.21. The lowest BCUT2D eigenvalue weighted by atomic mass is 9.83. The number of benzene rings is 2. The van der Waals surface area contributed by atoms with Gasteiger partial charge in [0.2, 0.25) is 0 Å². The van der Waals surface area contributed by atoms with Crippen LogP contribution < -0.4 is 4.74 Å². The van der Waals surface area contributed by atoms with Crippen molar-refractivity contribution in [3.8, 4) is 5.75 Å². The van der Waals surface area contributed by atoms with E-state index in [0.29, 0.717) is 22.6 Å². The molecule has 0 saturated heterocycles. The number of carbonyl (C=O) groups is 1. The quantitative estimate of drug-likeness (QED) is 0.550. The van der Waals surface area contributed by atoms with Crippen LogP contribution in [0.4, 0.5) is 4.39 Å². The van der Waals surface area contributed by atoms with Crippen LogP contribution in [-0.4, -0.2) is 11.1 Å². The third-order valence-corrected chi connectivity index (χ3v) is 5.06. The highest BCUT2D eigenvalue weighted by atomic mass is 79.9. The molecule has 3 rings (SSSR count). The first-order valence-corrected chi connectivity index (χ1v) is 8.44. The molecule has 4 heteroatoms. The number of aldehydes is 1. The van der Waals surface area contributed by atoms with Crippen molar-refractivity contribution in [2.24, 2.45) is 0 Å². The van der Waals surface area contributed by atoms with Crippen molar-refractivity contribution >= 4 is 27.8 Å². The van der Waals surface area contributed by atoms with Gasteiger partial charge in [-0.2, -0.15) is 0 Å². The minimum atomic E-state index is -0.543. The summed E-state index contributed by atoms with van der Waals surface area (Å²) < 4.78 is 20.4. The monoisotopic (exact) mass is 374 g/mol. The first kappa shape index (κ1) is 15.9. The van der Waals surface area contributed by atoms with Gasteiger partial charge in [0.05, 0.1) is 10.7 Å². The molecule has 1 aliphatic rings. The second-order valence-corrected chi connectivity index (χ2v) is 6.49. The van der Waals surface area contributed by atoms with E-state index in [1.54, 1.807) is 18.2 Å². The summed E-state index contributed by atoms with van der Waals surface area (Å²) >= 11 is 3.59. The fourth-order valence-corrected chi connectivity index (χ4v) is 3.19. The zero-order valence-electron chi connectivity index (χ0n) is 12.6. The van der Waals surface area contributed by atoms with Gasteiger partial charge in [0.25, 0.3) is 0 Å². The molecular weight excluding hydrogens is 359 g/mol. The summed E-state index contributed by atoms with van der Waals surface area (Å²) in [6, 6.07) is 13.9. The first-order valence-electron chi connectivity index (χ1n) is 7.52. The molecule has 118 valence electrons. The highest BCUT2D eigenvalue weighted by Gasteiger charge is 2.33. The Balaban J connectivity index is 2.26. The summed E-state index contributed by atoms with van der Waals surface area (Å²) in [5, 5.41) is 0. The zero-order chi connectivity index (χ0) is 16.4. The largest absolute Gasteiger partial charge is 0.460 e. The predicted octanol–water partition coefficient (Wildman–Crippen LogP) is 5.09. The smallest absolute Gasteiger partial charge is 0.132 e. The Labute approximate surface area is 143 Å². The SMILES string of the molecule is CCC(Br)C1=C(c2ccccc2F)C(C=O)c2ccccc2O1. The third kappa shape index (κ3) is 2.83. The molecule has 1 heterocycles. The van der Waals surface area contributed by atoms with E-state index in [2.05, 4.69) is 15.9 Å². The van der Waals surface area contributed by atoms with Gasteiger partial charge >= 0.3 is 0 Å². The van der Waals surface area contributed by atoms with E-state index in [-0.39, 0.29) is 10.6 Å². The number of hydrogen-bond acceptors (Lipinski definition) is 2. The van der Waals surface area contributed by atoms with Crippen LogP contribution in [0.25, 0.3) is 5.57 Å². The van der Waals surface area contributed by atoms with Crippen LogP contribution in [0.1, 0.15) is 30.4 Å². The van der Waals surface area contributed by atoms with Gasteiger partial charge in [0.15, 0.2) is 0 Å². The molecule has 0 fully saturated rings. The van der Waals surface area contributed by atoms with Crippen molar-refractivity contribution in [3.05, 3.63) is 71.2 Å². The van der Waals surface area contributed by atoms with Gasteiger partial charge in [0, 0.05) is 16.7 Å². The summed E-state index contributed by atoms with van der Waals surface area (Å²) in [5.41, 5.74) is 1.77. The Morgan fingerprint density at radius 3 is 2.61 bits per heavy atom. The highest BCUT2D eigenvalue weighted by Crippen LogP contribution is 2.45. The number of alkyl halides is 1. The standard InChI is InChI=1S/C19H16BrFO2/c1-2-15(20)19-18(13-8-3-5-9-16(13)21)14(11-22)12-7-4-6-10-17(12)23-19/h3-11,14-15H,2H2,1H3. The van der Waals surface area contributed by atoms with Crippen LogP contribution in [0.2, 0.25) is 0 Å². The molecule has 0 saturated carbocycles. The molecule has 0 spiro atoms. The van der Waals surface area contributed by atoms with Crippen LogP contribution in [-0.2, 0) is 4.79 Å². The number of carbonyl (C=O) groups excluding carboxylic acids is 1. The van der Waals surface area contributed by atoms with Crippen molar-refractivity contribution in [3.63, 3.8) is 0 Å². The zero-order valence-corrected chi connectivity index (χ0v) is 14.2. The molecule has 2 aromatic carbocycles. The summed E-state index contributed by atoms with van der Waals surface area (Å²) in [7, 11) is 0. The number of ether oxygens (including phenoxy) is 1. The van der Waals surface area contributed by atoms with E-state index >= 15 is 0 Å². The number of para-hydroxylation sites is 1. The first-order chi connectivity index (χ1) is 11.2. The van der Waals surface area contributed by atoms with Gasteiger partial charge in [-0.3, -0.25) is 0 Å². The van der Waals surface area contributed by atoms with Crippen molar-refractivity contribution in [2.75, 3.05) is 0 Å². The molecule has 23 heavy (non-hydrogen) atoms. The van der Waals surface area contributed by atoms with E-state index in [1.165, 1.54) is 6.07 Å². The molecular formula is C19H16BrFO2. The lowest BCUT2D eigenvalue weighted by Gasteiger charge is -2.30. The summed E-state index contributed by atoms with van der Waals surface area (Å²) in [4.78, 5) is 11.8. The van der Waals surface area contributed by atoms with Crippen molar-refractivity contribution in [1.82, 2.24) is 0 Å². The van der Waals surface area contributed by atoms with Crippen molar-refractivity contribution in [2.45, 2.75) is 24.1 Å². The average molecular weight is 375 g/mol. The number of rotatable bonds is 4. The van der Waals surface area contributed by atoms with Crippen molar-refractivity contribution < 1.29 is 13.9 Å². The number of fused-ring (bicyclic) bond motifs is 1. The summed E-state index contributed by atoms with van der Waals surface area (Å²) in [6.45, 7) is 2.01. The Morgan fingerprint density at radius 1 is 1.22 bits per heavy atom. The van der Waals surface area contributed by atoms with E-state index in [9.17, 15) is 9.18 Å². The van der Waals surface area contributed by atoms with Crippen LogP contribution in [0.3, 0.4) is 0 Å². The molecule has 2 aromatic rings. The van der Waals surface area contributed by atoms with Gasteiger partial charge in [0.1, 0.15) is 23.6 Å². The Morgan fingerprint density at radius 2 is 1.91 bits per heavy atom. The van der Waals surface area contributed by atoms with Gasteiger partial charge in [-0.25, -0.2) is 4.39 Å². The van der Waals surface area contributed by atoms with Gasteiger partial charge in [-0.15, -0.1) is 0 Å². The van der Waals surface area contributed by atoms with Crippen LogP contribution in [0, 0.1) is 5.82 Å². The van der Waals surface area contributed by atoms with E-state index in [4.69, 9.17) is 4.74 Å². The molecule has 2 atom stereocenters. The fraction of sp³-hybridized carbons (Fsp3) is 0.211. The minimum absolute atomic E-state index is 0.0899. The maximum Gasteiger partial charge on any atom is 0.132 e. The van der Waals surface area contributed by atoms with Gasteiger partial charge < -0.3 is 9.53 Å². The molecule has 0 bridgehead atoms. The second-order valence-electron chi connectivity index (χ2n) is 5.39. The molecule has 0 aromatic heterocycles. The van der Waals surface area contributed by atoms with Crippen molar-refractivity contribution in [1.29, 1.82) is 0 Å². The van der Waals surface area contributed by atoms with Gasteiger partial charge in [-0.1, -0.05) is 59.3 Å². The maximum absolute atomic E-state index is 14.4. The van der Waals surface area contributed by atoms with Crippen LogP contribution in [0.15, 0.2) is 54.3 Å². The molecule has 1 aliphatic heterocycles. The maximum atomic E-state index is 14.4. The number of allylic oxidation sites excluding steroid dienone is 2. The molecule has 0 radical (unpaired) electrons. The topological polar surface area (TPSA) is 26.3 Å². The number of hydrogen-bond donors (Lipinski definition) is 0. The predicted molar refractivity (Wildman–Crippen MR) is 92.2 cm³/mol. The molecule has 2 nitrogen and oxygen atoms in total. The Bertz CT molecular complexity index is 769. The second kappa shape index (κ2) is 6.67. The minimum Gasteiger partial charge on any atom is -0.460 e. The molecule has 0 aliphatic carbocycles.